The Morgan fingerprint density at radius 2 is 2.04 bits per heavy atom. The number of ether oxygens (including phenoxy) is 2. The Bertz CT molecular complexity index is 788. The van der Waals surface area contributed by atoms with Gasteiger partial charge < -0.3 is 25.6 Å². The molecule has 28 heavy (non-hydrogen) atoms. The molecule has 0 radical (unpaired) electrons. The molecule has 9 heteroatoms. The van der Waals surface area contributed by atoms with Crippen molar-refractivity contribution < 1.29 is 14.6 Å². The molecule has 1 atom stereocenters. The van der Waals surface area contributed by atoms with Crippen molar-refractivity contribution in [3.05, 3.63) is 16.9 Å². The SMILES string of the molecule is Nc1ncc2c(n1)-c1sc(C3CCNCC3)nc1CCO2.OC1CCCOC1. The molecule has 0 bridgehead atoms. The number of fused-ring (bicyclic) bond motifs is 3. The number of hydrogen-bond acceptors (Lipinski definition) is 9. The Morgan fingerprint density at radius 3 is 2.75 bits per heavy atom. The zero-order valence-corrected chi connectivity index (χ0v) is 16.7. The number of thiazole rings is 1. The van der Waals surface area contributed by atoms with Crippen molar-refractivity contribution in [1.82, 2.24) is 20.3 Å². The molecule has 2 aromatic heterocycles. The molecule has 2 saturated heterocycles. The maximum absolute atomic E-state index is 8.78. The topological polar surface area (TPSA) is 115 Å². The number of nitrogens with zero attached hydrogens (tertiary/aromatic N) is 3. The summed E-state index contributed by atoms with van der Waals surface area (Å²) in [6.07, 6.45) is 6.53. The van der Waals surface area contributed by atoms with Crippen LogP contribution in [0.2, 0.25) is 0 Å². The van der Waals surface area contributed by atoms with E-state index in [1.165, 1.54) is 5.01 Å². The second-order valence-corrected chi connectivity index (χ2v) is 8.29. The van der Waals surface area contributed by atoms with Crippen LogP contribution in [-0.2, 0) is 11.2 Å². The lowest BCUT2D eigenvalue weighted by molar-refractivity contribution is -0.00535. The molecule has 0 amide bonds. The van der Waals surface area contributed by atoms with Crippen LogP contribution in [0.3, 0.4) is 0 Å². The van der Waals surface area contributed by atoms with E-state index in [-0.39, 0.29) is 12.1 Å². The second kappa shape index (κ2) is 9.13. The van der Waals surface area contributed by atoms with Gasteiger partial charge in [0.2, 0.25) is 5.95 Å². The quantitative estimate of drug-likeness (QED) is 0.657. The molecule has 0 aliphatic carbocycles. The number of piperidine rings is 1. The minimum absolute atomic E-state index is 0.186. The van der Waals surface area contributed by atoms with Crippen LogP contribution in [0.25, 0.3) is 10.6 Å². The summed E-state index contributed by atoms with van der Waals surface area (Å²) < 4.78 is 10.6. The number of aliphatic hydroxyl groups excluding tert-OH is 1. The molecule has 5 rings (SSSR count). The molecule has 2 fully saturated rings. The first kappa shape index (κ1) is 19.5. The maximum atomic E-state index is 8.78. The summed E-state index contributed by atoms with van der Waals surface area (Å²) in [6, 6.07) is 0. The van der Waals surface area contributed by atoms with Crippen LogP contribution in [0.15, 0.2) is 6.20 Å². The van der Waals surface area contributed by atoms with Crippen LogP contribution in [0.4, 0.5) is 5.95 Å². The van der Waals surface area contributed by atoms with Gasteiger partial charge in [0, 0.05) is 18.9 Å². The minimum Gasteiger partial charge on any atom is -0.489 e. The fraction of sp³-hybridized carbons (Fsp3) is 0.632. The van der Waals surface area contributed by atoms with Gasteiger partial charge in [0.15, 0.2) is 5.75 Å². The lowest BCUT2D eigenvalue weighted by atomic mass is 9.99. The van der Waals surface area contributed by atoms with Gasteiger partial charge in [-0.05, 0) is 38.8 Å². The molecule has 152 valence electrons. The lowest BCUT2D eigenvalue weighted by Crippen LogP contribution is -2.26. The summed E-state index contributed by atoms with van der Waals surface area (Å²) in [6.45, 7) is 4.13. The molecule has 8 nitrogen and oxygen atoms in total. The van der Waals surface area contributed by atoms with Gasteiger partial charge in [0.05, 0.1) is 41.1 Å². The van der Waals surface area contributed by atoms with Crippen molar-refractivity contribution >= 4 is 17.3 Å². The van der Waals surface area contributed by atoms with Gasteiger partial charge in [-0.25, -0.2) is 15.0 Å². The third-order valence-corrected chi connectivity index (χ3v) is 6.39. The summed E-state index contributed by atoms with van der Waals surface area (Å²) in [5.74, 6) is 1.55. The van der Waals surface area contributed by atoms with E-state index < -0.39 is 0 Å². The molecule has 0 saturated carbocycles. The van der Waals surface area contributed by atoms with Crippen LogP contribution >= 0.6 is 11.3 Å². The highest BCUT2D eigenvalue weighted by Crippen LogP contribution is 2.40. The van der Waals surface area contributed by atoms with Crippen LogP contribution in [0.5, 0.6) is 5.75 Å². The van der Waals surface area contributed by atoms with Gasteiger partial charge >= 0.3 is 0 Å². The summed E-state index contributed by atoms with van der Waals surface area (Å²) >= 11 is 1.74. The van der Waals surface area contributed by atoms with E-state index in [1.54, 1.807) is 17.5 Å². The van der Waals surface area contributed by atoms with Gasteiger partial charge in [-0.2, -0.15) is 0 Å². The van der Waals surface area contributed by atoms with Gasteiger partial charge in [-0.1, -0.05) is 0 Å². The molecule has 0 spiro atoms. The highest BCUT2D eigenvalue weighted by molar-refractivity contribution is 7.15. The minimum atomic E-state index is -0.186. The summed E-state index contributed by atoms with van der Waals surface area (Å²) in [5, 5.41) is 13.4. The molecule has 4 N–H and O–H groups in total. The molecular weight excluding hydrogens is 378 g/mol. The number of aromatic nitrogens is 3. The number of aliphatic hydroxyl groups is 1. The number of nitrogens with one attached hydrogen (secondary N) is 1. The van der Waals surface area contributed by atoms with Gasteiger partial charge in [-0.15, -0.1) is 11.3 Å². The largest absolute Gasteiger partial charge is 0.489 e. The zero-order chi connectivity index (χ0) is 19.3. The average Bonchev–Trinajstić information content (AvgIpc) is 3.08. The van der Waals surface area contributed by atoms with Crippen molar-refractivity contribution in [2.24, 2.45) is 0 Å². The molecule has 0 aromatic carbocycles. The Balaban J connectivity index is 0.000000233. The van der Waals surface area contributed by atoms with Gasteiger partial charge in [0.25, 0.3) is 0 Å². The van der Waals surface area contributed by atoms with E-state index in [2.05, 4.69) is 15.3 Å². The zero-order valence-electron chi connectivity index (χ0n) is 15.9. The van der Waals surface area contributed by atoms with E-state index in [4.69, 9.17) is 25.3 Å². The predicted molar refractivity (Wildman–Crippen MR) is 108 cm³/mol. The van der Waals surface area contributed by atoms with E-state index in [0.29, 0.717) is 24.9 Å². The smallest absolute Gasteiger partial charge is 0.220 e. The van der Waals surface area contributed by atoms with Crippen molar-refractivity contribution in [3.63, 3.8) is 0 Å². The predicted octanol–water partition coefficient (Wildman–Crippen LogP) is 1.74. The maximum Gasteiger partial charge on any atom is 0.220 e. The van der Waals surface area contributed by atoms with Crippen LogP contribution < -0.4 is 15.8 Å². The van der Waals surface area contributed by atoms with Crippen LogP contribution in [-0.4, -0.2) is 59.1 Å². The standard InChI is InChI=1S/C14H17N5OS.C5H10O2/c15-14-17-7-10-11(19-14)12-9(3-6-20-10)18-13(21-12)8-1-4-16-5-2-8;6-5-2-1-3-7-4-5/h7-8,16H,1-6H2,(H2,15,17,19);5-6H,1-4H2. The molecule has 3 aliphatic heterocycles. The van der Waals surface area contributed by atoms with Crippen molar-refractivity contribution in [2.75, 3.05) is 38.6 Å². The first-order chi connectivity index (χ1) is 13.7. The lowest BCUT2D eigenvalue weighted by Gasteiger charge is -2.20. The van der Waals surface area contributed by atoms with Crippen molar-refractivity contribution in [2.45, 2.75) is 44.1 Å². The number of anilines is 1. The van der Waals surface area contributed by atoms with Gasteiger partial charge in [0.1, 0.15) is 5.69 Å². The highest BCUT2D eigenvalue weighted by Gasteiger charge is 2.26. The van der Waals surface area contributed by atoms with E-state index in [0.717, 1.165) is 68.1 Å². The monoisotopic (exact) mass is 405 g/mol. The Hall–Kier alpha value is -1.81. The van der Waals surface area contributed by atoms with E-state index in [1.807, 2.05) is 0 Å². The van der Waals surface area contributed by atoms with Crippen molar-refractivity contribution in [1.29, 1.82) is 0 Å². The number of nitrogen functional groups attached to an aromatic ring is 1. The molecule has 2 aromatic rings. The third kappa shape index (κ3) is 4.60. The summed E-state index contributed by atoms with van der Waals surface area (Å²) in [5.41, 5.74) is 7.62. The fourth-order valence-corrected chi connectivity index (χ4v) is 4.88. The summed E-state index contributed by atoms with van der Waals surface area (Å²) in [7, 11) is 0. The van der Waals surface area contributed by atoms with E-state index >= 15 is 0 Å². The van der Waals surface area contributed by atoms with Gasteiger partial charge in [-0.3, -0.25) is 0 Å². The Kier molecular flexibility index (Phi) is 6.36. The Labute approximate surface area is 168 Å². The van der Waals surface area contributed by atoms with E-state index in [9.17, 15) is 0 Å². The molecule has 3 aliphatic rings. The number of nitrogens with two attached hydrogens (primary N) is 1. The first-order valence-electron chi connectivity index (χ1n) is 9.92. The Morgan fingerprint density at radius 1 is 1.18 bits per heavy atom. The van der Waals surface area contributed by atoms with Crippen molar-refractivity contribution in [3.8, 4) is 16.3 Å². The highest BCUT2D eigenvalue weighted by atomic mass is 32.1. The number of hydrogen-bond donors (Lipinski definition) is 3. The second-order valence-electron chi connectivity index (χ2n) is 7.26. The normalized spacial score (nSPS) is 22.1. The van der Waals surface area contributed by atoms with Crippen LogP contribution in [0.1, 0.15) is 42.3 Å². The van der Waals surface area contributed by atoms with Crippen LogP contribution in [0, 0.1) is 0 Å². The average molecular weight is 406 g/mol. The first-order valence-corrected chi connectivity index (χ1v) is 10.7. The fourth-order valence-electron chi connectivity index (χ4n) is 3.60. The molecular formula is C19H27N5O3S. The molecule has 5 heterocycles. The third-order valence-electron chi connectivity index (χ3n) is 5.12. The molecule has 1 unspecified atom stereocenters. The number of rotatable bonds is 1. The summed E-state index contributed by atoms with van der Waals surface area (Å²) in [4.78, 5) is 14.4.